The van der Waals surface area contributed by atoms with Crippen LogP contribution in [-0.2, 0) is 6.42 Å². The van der Waals surface area contributed by atoms with E-state index in [1.54, 1.807) is 10.9 Å². The highest BCUT2D eigenvalue weighted by molar-refractivity contribution is 7.71. The summed E-state index contributed by atoms with van der Waals surface area (Å²) >= 11 is 5.34. The second-order valence-electron chi connectivity index (χ2n) is 6.50. The Hall–Kier alpha value is -2.93. The van der Waals surface area contributed by atoms with Gasteiger partial charge in [0.05, 0.1) is 19.4 Å². The van der Waals surface area contributed by atoms with Crippen LogP contribution in [-0.4, -0.2) is 34.3 Å². The van der Waals surface area contributed by atoms with Crippen LogP contribution in [0.2, 0.25) is 0 Å². The van der Waals surface area contributed by atoms with Gasteiger partial charge in [-0.3, -0.25) is 5.10 Å². The number of H-pyrrole nitrogens is 1. The second-order valence-corrected chi connectivity index (χ2v) is 6.89. The molecule has 2 aromatic carbocycles. The fourth-order valence-corrected chi connectivity index (χ4v) is 2.98. The number of ether oxygens (including phenoxy) is 2. The molecule has 0 fully saturated rings. The Morgan fingerprint density at radius 3 is 2.69 bits per heavy atom. The van der Waals surface area contributed by atoms with E-state index in [1.807, 2.05) is 43.3 Å². The van der Waals surface area contributed by atoms with Gasteiger partial charge in [0.1, 0.15) is 0 Å². The molecule has 0 aliphatic rings. The maximum absolute atomic E-state index is 5.83. The molecule has 29 heavy (non-hydrogen) atoms. The summed E-state index contributed by atoms with van der Waals surface area (Å²) in [6.45, 7) is 5.34. The summed E-state index contributed by atoms with van der Waals surface area (Å²) in [5.74, 6) is 2.22. The van der Waals surface area contributed by atoms with Crippen molar-refractivity contribution < 1.29 is 9.47 Å². The van der Waals surface area contributed by atoms with E-state index in [0.717, 1.165) is 35.5 Å². The lowest BCUT2D eigenvalue weighted by atomic mass is 10.1. The van der Waals surface area contributed by atoms with Crippen LogP contribution in [0.5, 0.6) is 11.5 Å². The zero-order valence-electron chi connectivity index (χ0n) is 16.8. The molecular weight excluding hydrogens is 384 g/mol. The Labute approximate surface area is 176 Å². The minimum Gasteiger partial charge on any atom is -0.490 e. The van der Waals surface area contributed by atoms with Crippen molar-refractivity contribution in [3.8, 4) is 11.5 Å². The van der Waals surface area contributed by atoms with Crippen LogP contribution in [0.25, 0.3) is 0 Å². The number of hydrogen-bond acceptors (Lipinski definition) is 5. The molecule has 0 spiro atoms. The Morgan fingerprint density at radius 1 is 1.10 bits per heavy atom. The zero-order valence-corrected chi connectivity index (χ0v) is 17.6. The van der Waals surface area contributed by atoms with Gasteiger partial charge in [0.2, 0.25) is 4.77 Å². The predicted octanol–water partition coefficient (Wildman–Crippen LogP) is 4.99. The maximum atomic E-state index is 5.83. The number of nitrogens with zero attached hydrogens (tertiary/aromatic N) is 3. The smallest absolute Gasteiger partial charge is 0.216 e. The number of benzene rings is 2. The summed E-state index contributed by atoms with van der Waals surface area (Å²) < 4.78 is 13.7. The van der Waals surface area contributed by atoms with Crippen LogP contribution in [0.3, 0.4) is 0 Å². The van der Waals surface area contributed by atoms with Crippen LogP contribution in [0.15, 0.2) is 53.6 Å². The zero-order chi connectivity index (χ0) is 20.5. The number of unbranched alkanes of at least 4 members (excludes halogenated alkanes) is 1. The van der Waals surface area contributed by atoms with E-state index in [0.29, 0.717) is 30.2 Å². The molecule has 1 N–H and O–H groups in total. The summed E-state index contributed by atoms with van der Waals surface area (Å²) in [5.41, 5.74) is 2.04. The summed E-state index contributed by atoms with van der Waals surface area (Å²) in [6.07, 6.45) is 4.49. The van der Waals surface area contributed by atoms with Crippen molar-refractivity contribution in [2.45, 2.75) is 33.1 Å². The van der Waals surface area contributed by atoms with E-state index in [-0.39, 0.29) is 0 Å². The molecule has 0 saturated carbocycles. The van der Waals surface area contributed by atoms with E-state index in [2.05, 4.69) is 34.4 Å². The number of aromatic amines is 1. The lowest BCUT2D eigenvalue weighted by Crippen LogP contribution is -2.02. The van der Waals surface area contributed by atoms with Crippen molar-refractivity contribution in [2.75, 3.05) is 13.2 Å². The molecule has 152 valence electrons. The molecule has 3 aromatic rings. The van der Waals surface area contributed by atoms with E-state index < -0.39 is 0 Å². The van der Waals surface area contributed by atoms with Crippen LogP contribution in [0.1, 0.15) is 43.6 Å². The lowest BCUT2D eigenvalue weighted by molar-refractivity contribution is 0.272. The van der Waals surface area contributed by atoms with E-state index >= 15 is 0 Å². The van der Waals surface area contributed by atoms with E-state index in [9.17, 15) is 0 Å². The van der Waals surface area contributed by atoms with Gasteiger partial charge >= 0.3 is 0 Å². The molecule has 0 saturated heterocycles. The molecule has 3 rings (SSSR count). The predicted molar refractivity (Wildman–Crippen MR) is 118 cm³/mol. The molecule has 7 heteroatoms. The Bertz CT molecular complexity index is 996. The number of hydrogen-bond donors (Lipinski definition) is 1. The monoisotopic (exact) mass is 410 g/mol. The third-order valence-electron chi connectivity index (χ3n) is 4.27. The molecule has 0 aliphatic carbocycles. The summed E-state index contributed by atoms with van der Waals surface area (Å²) in [7, 11) is 0. The van der Waals surface area contributed by atoms with Gasteiger partial charge in [0.25, 0.3) is 0 Å². The third kappa shape index (κ3) is 5.77. The highest BCUT2D eigenvalue weighted by Gasteiger charge is 2.08. The summed E-state index contributed by atoms with van der Waals surface area (Å²) in [6, 6.07) is 15.9. The first kappa shape index (κ1) is 20.8. The maximum Gasteiger partial charge on any atom is 0.216 e. The topological polar surface area (TPSA) is 64.4 Å². The average Bonchev–Trinajstić information content (AvgIpc) is 3.08. The number of nitrogens with one attached hydrogen (secondary N) is 1. The number of rotatable bonds is 10. The minimum atomic E-state index is 0.455. The van der Waals surface area contributed by atoms with Gasteiger partial charge in [-0.05, 0) is 54.9 Å². The molecule has 0 amide bonds. The quantitative estimate of drug-likeness (QED) is 0.290. The van der Waals surface area contributed by atoms with Gasteiger partial charge in [-0.25, -0.2) is 0 Å². The minimum absolute atomic E-state index is 0.455. The lowest BCUT2D eigenvalue weighted by Gasteiger charge is -2.12. The van der Waals surface area contributed by atoms with Gasteiger partial charge in [-0.15, -0.1) is 0 Å². The molecule has 0 radical (unpaired) electrons. The van der Waals surface area contributed by atoms with Crippen LogP contribution in [0, 0.1) is 4.77 Å². The van der Waals surface area contributed by atoms with Crippen LogP contribution in [0.4, 0.5) is 0 Å². The standard InChI is InChI=1S/C22H26N4O2S/c1-3-5-13-28-19-12-11-18(14-20(19)27-4-2)16-23-26-21(24-25-22(26)29)15-17-9-7-6-8-10-17/h6-12,14,16H,3-5,13,15H2,1-2H3,(H,25,29)/b23-16-. The van der Waals surface area contributed by atoms with E-state index in [4.69, 9.17) is 21.7 Å². The van der Waals surface area contributed by atoms with Crippen molar-refractivity contribution in [1.82, 2.24) is 14.9 Å². The van der Waals surface area contributed by atoms with Crippen molar-refractivity contribution in [2.24, 2.45) is 5.10 Å². The van der Waals surface area contributed by atoms with Crippen molar-refractivity contribution in [3.05, 3.63) is 70.3 Å². The molecule has 1 aromatic heterocycles. The largest absolute Gasteiger partial charge is 0.490 e. The van der Waals surface area contributed by atoms with Gasteiger partial charge in [0, 0.05) is 6.42 Å². The molecule has 0 unspecified atom stereocenters. The normalized spacial score (nSPS) is 11.1. The number of aromatic nitrogens is 3. The summed E-state index contributed by atoms with van der Waals surface area (Å²) in [5, 5.41) is 11.7. The van der Waals surface area contributed by atoms with Crippen molar-refractivity contribution in [1.29, 1.82) is 0 Å². The molecular formula is C22H26N4O2S. The van der Waals surface area contributed by atoms with Gasteiger partial charge in [-0.2, -0.15) is 14.9 Å². The third-order valence-corrected chi connectivity index (χ3v) is 4.53. The van der Waals surface area contributed by atoms with E-state index in [1.165, 1.54) is 0 Å². The fourth-order valence-electron chi connectivity index (χ4n) is 2.78. The average molecular weight is 411 g/mol. The Balaban J connectivity index is 1.80. The van der Waals surface area contributed by atoms with Crippen LogP contribution >= 0.6 is 12.2 Å². The first-order chi connectivity index (χ1) is 14.2. The Kier molecular flexibility index (Phi) is 7.58. The van der Waals surface area contributed by atoms with Gasteiger partial charge in [0.15, 0.2) is 17.3 Å². The Morgan fingerprint density at radius 2 is 1.93 bits per heavy atom. The first-order valence-electron chi connectivity index (χ1n) is 9.85. The second kappa shape index (κ2) is 10.6. The van der Waals surface area contributed by atoms with Crippen LogP contribution < -0.4 is 9.47 Å². The van der Waals surface area contributed by atoms with Crippen molar-refractivity contribution >= 4 is 18.4 Å². The van der Waals surface area contributed by atoms with Gasteiger partial charge in [-0.1, -0.05) is 43.7 Å². The SMILES string of the molecule is CCCCOc1ccc(/C=N\n2c(Cc3ccccc3)n[nH]c2=S)cc1OCC. The summed E-state index contributed by atoms with van der Waals surface area (Å²) in [4.78, 5) is 0. The highest BCUT2D eigenvalue weighted by atomic mass is 32.1. The van der Waals surface area contributed by atoms with Crippen molar-refractivity contribution in [3.63, 3.8) is 0 Å². The van der Waals surface area contributed by atoms with Gasteiger partial charge < -0.3 is 9.47 Å². The molecule has 0 bridgehead atoms. The first-order valence-corrected chi connectivity index (χ1v) is 10.3. The highest BCUT2D eigenvalue weighted by Crippen LogP contribution is 2.28. The molecule has 0 aliphatic heterocycles. The molecule has 6 nitrogen and oxygen atoms in total. The molecule has 0 atom stereocenters. The molecule has 1 heterocycles. The fraction of sp³-hybridized carbons (Fsp3) is 0.318.